The number of benzene rings is 2. The van der Waals surface area contributed by atoms with Crippen molar-refractivity contribution in [1.82, 2.24) is 10.2 Å². The SMILES string of the molecule is CC(C)C(NC(=O)CN1CCCC1c1ccc2c(c1)OCCO2)c1ccc(F)cc1. The predicted octanol–water partition coefficient (Wildman–Crippen LogP) is 4.25. The van der Waals surface area contributed by atoms with Gasteiger partial charge in [-0.25, -0.2) is 4.39 Å². The van der Waals surface area contributed by atoms with Crippen LogP contribution < -0.4 is 14.8 Å². The quantitative estimate of drug-likeness (QED) is 0.771. The summed E-state index contributed by atoms with van der Waals surface area (Å²) in [4.78, 5) is 15.1. The standard InChI is InChI=1S/C24H29FN2O3/c1-16(2)24(17-5-8-19(25)9-6-17)26-23(28)15-27-11-3-4-20(27)18-7-10-21-22(14-18)30-13-12-29-21/h5-10,14,16,20,24H,3-4,11-13,15H2,1-2H3,(H,26,28). The third-order valence-corrected chi connectivity index (χ3v) is 5.87. The van der Waals surface area contributed by atoms with E-state index in [0.717, 1.165) is 42.0 Å². The number of hydrogen-bond donors (Lipinski definition) is 1. The molecule has 30 heavy (non-hydrogen) atoms. The summed E-state index contributed by atoms with van der Waals surface area (Å²) < 4.78 is 24.6. The lowest BCUT2D eigenvalue weighted by molar-refractivity contribution is -0.123. The van der Waals surface area contributed by atoms with E-state index in [2.05, 4.69) is 30.1 Å². The lowest BCUT2D eigenvalue weighted by Crippen LogP contribution is -2.40. The van der Waals surface area contributed by atoms with E-state index in [0.29, 0.717) is 19.8 Å². The molecule has 2 aliphatic heterocycles. The molecule has 0 bridgehead atoms. The molecule has 2 unspecified atom stereocenters. The summed E-state index contributed by atoms with van der Waals surface area (Å²) in [7, 11) is 0. The minimum absolute atomic E-state index is 0.0116. The normalized spacial score (nSPS) is 19.7. The highest BCUT2D eigenvalue weighted by molar-refractivity contribution is 5.78. The monoisotopic (exact) mass is 412 g/mol. The summed E-state index contributed by atoms with van der Waals surface area (Å²) in [5.41, 5.74) is 2.08. The summed E-state index contributed by atoms with van der Waals surface area (Å²) in [6.07, 6.45) is 2.07. The smallest absolute Gasteiger partial charge is 0.234 e. The molecule has 0 saturated carbocycles. The Labute approximate surface area is 177 Å². The molecule has 2 aromatic carbocycles. The highest BCUT2D eigenvalue weighted by atomic mass is 19.1. The average Bonchev–Trinajstić information content (AvgIpc) is 3.20. The lowest BCUT2D eigenvalue weighted by Gasteiger charge is -2.28. The van der Waals surface area contributed by atoms with Crippen LogP contribution in [0.3, 0.4) is 0 Å². The Balaban J connectivity index is 1.43. The van der Waals surface area contributed by atoms with Crippen molar-refractivity contribution in [3.63, 3.8) is 0 Å². The molecular formula is C24H29FN2O3. The first-order valence-corrected chi connectivity index (χ1v) is 10.7. The lowest BCUT2D eigenvalue weighted by atomic mass is 9.96. The zero-order valence-corrected chi connectivity index (χ0v) is 17.6. The average molecular weight is 413 g/mol. The maximum absolute atomic E-state index is 13.3. The Hall–Kier alpha value is -2.60. The number of hydrogen-bond acceptors (Lipinski definition) is 4. The van der Waals surface area contributed by atoms with Crippen LogP contribution in [0.15, 0.2) is 42.5 Å². The fraction of sp³-hybridized carbons (Fsp3) is 0.458. The zero-order chi connectivity index (χ0) is 21.1. The van der Waals surface area contributed by atoms with Gasteiger partial charge in [0, 0.05) is 6.04 Å². The fourth-order valence-corrected chi connectivity index (χ4v) is 4.37. The van der Waals surface area contributed by atoms with Crippen LogP contribution in [0.25, 0.3) is 0 Å². The largest absolute Gasteiger partial charge is 0.486 e. The molecule has 1 fully saturated rings. The minimum atomic E-state index is -0.271. The van der Waals surface area contributed by atoms with Gasteiger partial charge < -0.3 is 14.8 Å². The number of likely N-dealkylation sites (tertiary alicyclic amines) is 1. The second-order valence-electron chi connectivity index (χ2n) is 8.37. The molecule has 5 nitrogen and oxygen atoms in total. The summed E-state index contributed by atoms with van der Waals surface area (Å²) >= 11 is 0. The van der Waals surface area contributed by atoms with Crippen molar-refractivity contribution in [1.29, 1.82) is 0 Å². The summed E-state index contributed by atoms with van der Waals surface area (Å²) in [5.74, 6) is 1.48. The van der Waals surface area contributed by atoms with Gasteiger partial charge in [-0.3, -0.25) is 9.69 Å². The molecule has 2 aromatic rings. The molecule has 4 rings (SSSR count). The molecule has 0 aliphatic carbocycles. The fourth-order valence-electron chi connectivity index (χ4n) is 4.37. The van der Waals surface area contributed by atoms with E-state index in [4.69, 9.17) is 9.47 Å². The first-order valence-electron chi connectivity index (χ1n) is 10.7. The van der Waals surface area contributed by atoms with Crippen molar-refractivity contribution in [3.8, 4) is 11.5 Å². The number of nitrogens with one attached hydrogen (secondary N) is 1. The van der Waals surface area contributed by atoms with Crippen LogP contribution in [-0.2, 0) is 4.79 Å². The van der Waals surface area contributed by atoms with Crippen LogP contribution >= 0.6 is 0 Å². The summed E-state index contributed by atoms with van der Waals surface area (Å²) in [6, 6.07) is 12.5. The van der Waals surface area contributed by atoms with Crippen LogP contribution in [0, 0.1) is 11.7 Å². The molecule has 1 saturated heterocycles. The van der Waals surface area contributed by atoms with Crippen LogP contribution in [0.4, 0.5) is 4.39 Å². The molecule has 160 valence electrons. The van der Waals surface area contributed by atoms with Crippen LogP contribution in [0.1, 0.15) is 49.9 Å². The van der Waals surface area contributed by atoms with Crippen LogP contribution in [0.5, 0.6) is 11.5 Å². The third kappa shape index (κ3) is 4.59. The van der Waals surface area contributed by atoms with Gasteiger partial charge in [-0.2, -0.15) is 0 Å². The van der Waals surface area contributed by atoms with Crippen molar-refractivity contribution in [3.05, 3.63) is 59.4 Å². The van der Waals surface area contributed by atoms with Gasteiger partial charge in [-0.1, -0.05) is 32.0 Å². The molecular weight excluding hydrogens is 383 g/mol. The number of fused-ring (bicyclic) bond motifs is 1. The maximum Gasteiger partial charge on any atom is 0.234 e. The minimum Gasteiger partial charge on any atom is -0.486 e. The van der Waals surface area contributed by atoms with Crippen LogP contribution in [-0.4, -0.2) is 37.1 Å². The number of amides is 1. The number of nitrogens with zero attached hydrogens (tertiary/aromatic N) is 1. The topological polar surface area (TPSA) is 50.8 Å². The molecule has 1 amide bonds. The molecule has 0 aromatic heterocycles. The van der Waals surface area contributed by atoms with Crippen LogP contribution in [0.2, 0.25) is 0 Å². The Kier molecular flexibility index (Phi) is 6.23. The molecule has 2 aliphatic rings. The Morgan fingerprint density at radius 3 is 2.60 bits per heavy atom. The molecule has 2 heterocycles. The van der Waals surface area contributed by atoms with Gasteiger partial charge in [0.1, 0.15) is 19.0 Å². The van der Waals surface area contributed by atoms with E-state index < -0.39 is 0 Å². The molecule has 1 N–H and O–H groups in total. The molecule has 0 radical (unpaired) electrons. The van der Waals surface area contributed by atoms with Gasteiger partial charge in [0.2, 0.25) is 5.91 Å². The zero-order valence-electron chi connectivity index (χ0n) is 17.6. The van der Waals surface area contributed by atoms with Gasteiger partial charge in [0.05, 0.1) is 12.6 Å². The van der Waals surface area contributed by atoms with Gasteiger partial charge in [0.25, 0.3) is 0 Å². The van der Waals surface area contributed by atoms with Gasteiger partial charge >= 0.3 is 0 Å². The van der Waals surface area contributed by atoms with E-state index in [1.165, 1.54) is 12.1 Å². The van der Waals surface area contributed by atoms with E-state index in [9.17, 15) is 9.18 Å². The first-order chi connectivity index (χ1) is 14.5. The van der Waals surface area contributed by atoms with Crippen molar-refractivity contribution in [2.45, 2.75) is 38.8 Å². The Morgan fingerprint density at radius 1 is 1.13 bits per heavy atom. The van der Waals surface area contributed by atoms with Crippen molar-refractivity contribution >= 4 is 5.91 Å². The number of rotatable bonds is 6. The molecule has 6 heteroatoms. The predicted molar refractivity (Wildman–Crippen MR) is 113 cm³/mol. The van der Waals surface area contributed by atoms with Gasteiger partial charge in [-0.05, 0) is 60.7 Å². The van der Waals surface area contributed by atoms with Crippen molar-refractivity contribution < 1.29 is 18.7 Å². The molecule has 0 spiro atoms. The number of ether oxygens (including phenoxy) is 2. The second-order valence-corrected chi connectivity index (χ2v) is 8.37. The van der Waals surface area contributed by atoms with Gasteiger partial charge in [0.15, 0.2) is 11.5 Å². The summed E-state index contributed by atoms with van der Waals surface area (Å²) in [6.45, 7) is 6.48. The number of carbonyl (C=O) groups is 1. The Bertz CT molecular complexity index is 885. The van der Waals surface area contributed by atoms with Crippen molar-refractivity contribution in [2.75, 3.05) is 26.3 Å². The van der Waals surface area contributed by atoms with E-state index in [1.54, 1.807) is 12.1 Å². The summed E-state index contributed by atoms with van der Waals surface area (Å²) in [5, 5.41) is 3.15. The van der Waals surface area contributed by atoms with Crippen molar-refractivity contribution in [2.24, 2.45) is 5.92 Å². The highest BCUT2D eigenvalue weighted by Crippen LogP contribution is 2.38. The Morgan fingerprint density at radius 2 is 1.87 bits per heavy atom. The second kappa shape index (κ2) is 9.04. The van der Waals surface area contributed by atoms with Gasteiger partial charge in [-0.15, -0.1) is 0 Å². The van der Waals surface area contributed by atoms with E-state index >= 15 is 0 Å². The first kappa shape index (κ1) is 20.7. The van der Waals surface area contributed by atoms with E-state index in [-0.39, 0.29) is 29.7 Å². The van der Waals surface area contributed by atoms with E-state index in [1.807, 2.05) is 12.1 Å². The number of halogens is 1. The maximum atomic E-state index is 13.3. The highest BCUT2D eigenvalue weighted by Gasteiger charge is 2.29. The number of carbonyl (C=O) groups excluding carboxylic acids is 1. The molecule has 2 atom stereocenters. The third-order valence-electron chi connectivity index (χ3n) is 5.87.